The summed E-state index contributed by atoms with van der Waals surface area (Å²) in [6.07, 6.45) is 8.69. The first kappa shape index (κ1) is 39.6. The summed E-state index contributed by atoms with van der Waals surface area (Å²) >= 11 is 0. The summed E-state index contributed by atoms with van der Waals surface area (Å²) < 4.78 is 21.3. The number of ether oxygens (including phenoxy) is 3. The Morgan fingerprint density at radius 2 is 1.61 bits per heavy atom. The van der Waals surface area contributed by atoms with Gasteiger partial charge in [-0.25, -0.2) is 0 Å². The molecule has 2 aromatic carbocycles. The Balaban J connectivity index is 0.829. The van der Waals surface area contributed by atoms with Crippen LogP contribution in [0.5, 0.6) is 11.5 Å². The first-order valence-electron chi connectivity index (χ1n) is 19.7. The van der Waals surface area contributed by atoms with Gasteiger partial charge in [0.25, 0.3) is 17.4 Å². The van der Waals surface area contributed by atoms with Crippen LogP contribution in [0.25, 0.3) is 21.9 Å². The van der Waals surface area contributed by atoms with E-state index < -0.39 is 17.9 Å². The zero-order chi connectivity index (χ0) is 41.4. The normalized spacial score (nSPS) is 17.4. The second kappa shape index (κ2) is 16.5. The number of fused-ring (bicyclic) bond motifs is 2. The summed E-state index contributed by atoms with van der Waals surface area (Å²) in [7, 11) is 7.02. The van der Waals surface area contributed by atoms with E-state index in [1.807, 2.05) is 43.7 Å². The number of amides is 2. The van der Waals surface area contributed by atoms with Crippen molar-refractivity contribution < 1.29 is 33.4 Å². The number of aromatic nitrogens is 5. The maximum Gasteiger partial charge on any atom is 0.262 e. The zero-order valence-electron chi connectivity index (χ0n) is 33.6. The summed E-state index contributed by atoms with van der Waals surface area (Å²) in [5.74, 6) is -0.137. The van der Waals surface area contributed by atoms with Crippen molar-refractivity contribution in [3.8, 4) is 22.6 Å². The van der Waals surface area contributed by atoms with Crippen molar-refractivity contribution >= 4 is 39.8 Å². The van der Waals surface area contributed by atoms with Gasteiger partial charge in [-0.3, -0.25) is 43.4 Å². The van der Waals surface area contributed by atoms with E-state index in [1.54, 1.807) is 55.0 Å². The van der Waals surface area contributed by atoms with Crippen LogP contribution in [0, 0.1) is 0 Å². The molecular formula is C43H46N8O8. The minimum atomic E-state index is -0.884. The van der Waals surface area contributed by atoms with E-state index in [0.29, 0.717) is 67.3 Å². The van der Waals surface area contributed by atoms with Crippen molar-refractivity contribution in [3.63, 3.8) is 0 Å². The lowest BCUT2D eigenvalue weighted by Crippen LogP contribution is -2.47. The number of aryl methyl sites for hydroxylation is 1. The fourth-order valence-electron chi connectivity index (χ4n) is 8.32. The number of ketones is 2. The van der Waals surface area contributed by atoms with Gasteiger partial charge >= 0.3 is 0 Å². The van der Waals surface area contributed by atoms with E-state index >= 15 is 0 Å². The zero-order valence-corrected chi connectivity index (χ0v) is 33.6. The van der Waals surface area contributed by atoms with Crippen LogP contribution in [0.3, 0.4) is 0 Å². The minimum absolute atomic E-state index is 0.0246. The molecule has 1 aliphatic carbocycles. The molecule has 8 rings (SSSR count). The molecule has 3 aromatic heterocycles. The molecule has 3 aliphatic rings. The highest BCUT2D eigenvalue weighted by molar-refractivity contribution is 6.24. The molecular weight excluding hydrogens is 757 g/mol. The summed E-state index contributed by atoms with van der Waals surface area (Å²) in [6, 6.07) is 10.2. The number of pyridine rings is 2. The molecule has 16 nitrogen and oxygen atoms in total. The number of methoxy groups -OCH3 is 2. The van der Waals surface area contributed by atoms with E-state index in [0.717, 1.165) is 51.2 Å². The number of hydrogen-bond donors (Lipinski definition) is 0. The van der Waals surface area contributed by atoms with E-state index in [-0.39, 0.29) is 42.5 Å². The van der Waals surface area contributed by atoms with Gasteiger partial charge in [0.1, 0.15) is 23.0 Å². The highest BCUT2D eigenvalue weighted by Crippen LogP contribution is 2.38. The number of anilines is 1. The van der Waals surface area contributed by atoms with Crippen molar-refractivity contribution in [1.82, 2.24) is 34.3 Å². The Morgan fingerprint density at radius 1 is 0.864 bits per heavy atom. The molecule has 306 valence electrons. The number of Topliss-reactive ketones (excluding diaryl/α,β-unsaturated/α-hetero) is 2. The summed E-state index contributed by atoms with van der Waals surface area (Å²) in [4.78, 5) is 73.0. The van der Waals surface area contributed by atoms with E-state index in [2.05, 4.69) is 25.1 Å². The number of rotatable bonds is 13. The van der Waals surface area contributed by atoms with Gasteiger partial charge in [0.05, 0.1) is 74.2 Å². The van der Waals surface area contributed by atoms with Gasteiger partial charge in [-0.2, -0.15) is 0 Å². The van der Waals surface area contributed by atoms with Gasteiger partial charge in [-0.15, -0.1) is 5.10 Å². The third-order valence-electron chi connectivity index (χ3n) is 11.6. The van der Waals surface area contributed by atoms with Gasteiger partial charge in [0, 0.05) is 69.5 Å². The fourth-order valence-corrected chi connectivity index (χ4v) is 8.32. The largest absolute Gasteiger partial charge is 0.496 e. The SMILES string of the molecule is COc1cc(-c2cn(C)c(=O)c3cnccc23)cc(OC)c1CN(C)CCn1cc(COC2CCN(c3ccc4c(c3)C(=O)N(C3CCC(=O)CC3=O)C4=O)CC2)nn1. The topological polar surface area (TPSA) is 171 Å². The van der Waals surface area contributed by atoms with Crippen molar-refractivity contribution in [2.75, 3.05) is 45.8 Å². The maximum atomic E-state index is 13.3. The molecule has 1 atom stereocenters. The number of likely N-dealkylation sites (N-methyl/N-ethyl adjacent to an activating group) is 1. The number of nitrogens with zero attached hydrogens (tertiary/aromatic N) is 8. The number of hydrogen-bond acceptors (Lipinski definition) is 13. The van der Waals surface area contributed by atoms with Crippen molar-refractivity contribution in [2.45, 2.75) is 63.9 Å². The number of carbonyl (C=O) groups is 4. The Bertz CT molecular complexity index is 2500. The molecule has 5 aromatic rings. The van der Waals surface area contributed by atoms with E-state index in [9.17, 15) is 24.0 Å². The second-order valence-corrected chi connectivity index (χ2v) is 15.4. The second-order valence-electron chi connectivity index (χ2n) is 15.4. The smallest absolute Gasteiger partial charge is 0.262 e. The summed E-state index contributed by atoms with van der Waals surface area (Å²) in [6.45, 7) is 3.58. The van der Waals surface area contributed by atoms with Crippen molar-refractivity contribution in [2.24, 2.45) is 7.05 Å². The van der Waals surface area contributed by atoms with Crippen molar-refractivity contribution in [3.05, 3.63) is 93.9 Å². The molecule has 0 radical (unpaired) electrons. The van der Waals surface area contributed by atoms with Crippen LogP contribution in [0.2, 0.25) is 0 Å². The molecule has 0 spiro atoms. The van der Waals surface area contributed by atoms with Crippen LogP contribution >= 0.6 is 0 Å². The molecule has 5 heterocycles. The summed E-state index contributed by atoms with van der Waals surface area (Å²) in [5.41, 5.74) is 4.68. The predicted molar refractivity (Wildman–Crippen MR) is 216 cm³/mol. The molecule has 2 fully saturated rings. The highest BCUT2D eigenvalue weighted by Gasteiger charge is 2.44. The lowest BCUT2D eigenvalue weighted by atomic mass is 9.92. The van der Waals surface area contributed by atoms with Crippen LogP contribution < -0.4 is 19.9 Å². The highest BCUT2D eigenvalue weighted by atomic mass is 16.5. The van der Waals surface area contributed by atoms with Crippen LogP contribution in [-0.2, 0) is 41.1 Å². The minimum Gasteiger partial charge on any atom is -0.496 e. The third kappa shape index (κ3) is 7.84. The van der Waals surface area contributed by atoms with E-state index in [1.165, 1.54) is 0 Å². The van der Waals surface area contributed by atoms with Gasteiger partial charge in [0.2, 0.25) is 0 Å². The van der Waals surface area contributed by atoms with Crippen LogP contribution in [0.4, 0.5) is 5.69 Å². The molecule has 2 aliphatic heterocycles. The van der Waals surface area contributed by atoms with Crippen molar-refractivity contribution in [1.29, 1.82) is 0 Å². The molecule has 1 saturated carbocycles. The monoisotopic (exact) mass is 802 g/mol. The van der Waals surface area contributed by atoms with E-state index in [4.69, 9.17) is 14.2 Å². The number of piperidine rings is 1. The van der Waals surface area contributed by atoms with Gasteiger partial charge in [0.15, 0.2) is 5.78 Å². The van der Waals surface area contributed by atoms with Crippen LogP contribution in [-0.4, -0.2) is 111 Å². The standard InChI is InChI=1S/C43H46N8O8/c1-47(23-36-39(57-3)17-26(18-40(36)58-4)35-24-48(2)41(54)34-21-44-12-9-31(34)35)15-16-50-22-27(45-46-50)25-59-30-10-13-49(14-11-30)28-5-7-32-33(19-28)43(56)51(42(32)55)37-8-6-29(52)20-38(37)53/h5,7,9,12,17-19,21-22,24,30,37H,6,8,10-11,13-16,20,23,25H2,1-4H3. The molecule has 1 unspecified atom stereocenters. The number of carbonyl (C=O) groups excluding carboxylic acids is 4. The predicted octanol–water partition coefficient (Wildman–Crippen LogP) is 3.81. The lowest BCUT2D eigenvalue weighted by molar-refractivity contribution is -0.132. The Kier molecular flexibility index (Phi) is 11.1. The quantitative estimate of drug-likeness (QED) is 0.125. The Labute approximate surface area is 340 Å². The fraction of sp³-hybridized carbons (Fsp3) is 0.395. The average Bonchev–Trinajstić information content (AvgIpc) is 3.81. The van der Waals surface area contributed by atoms with Gasteiger partial charge in [-0.1, -0.05) is 5.21 Å². The van der Waals surface area contributed by atoms with Crippen LogP contribution in [0.1, 0.15) is 64.1 Å². The first-order valence-corrected chi connectivity index (χ1v) is 19.7. The lowest BCUT2D eigenvalue weighted by Gasteiger charge is -2.33. The van der Waals surface area contributed by atoms with Crippen LogP contribution in [0.15, 0.2) is 66.0 Å². The average molecular weight is 803 g/mol. The Morgan fingerprint density at radius 3 is 2.34 bits per heavy atom. The summed E-state index contributed by atoms with van der Waals surface area (Å²) in [5, 5.41) is 10.0. The van der Waals surface area contributed by atoms with Gasteiger partial charge < -0.3 is 23.7 Å². The number of benzene rings is 2. The maximum absolute atomic E-state index is 13.3. The number of imide groups is 1. The molecule has 1 saturated heterocycles. The Hall–Kier alpha value is -6.26. The molecule has 0 N–H and O–H groups in total. The molecule has 16 heteroatoms. The molecule has 59 heavy (non-hydrogen) atoms. The molecule has 0 bridgehead atoms. The van der Waals surface area contributed by atoms with Gasteiger partial charge in [-0.05, 0) is 73.7 Å². The molecule has 2 amide bonds. The third-order valence-corrected chi connectivity index (χ3v) is 11.6. The first-order chi connectivity index (χ1) is 28.5.